The van der Waals surface area contributed by atoms with Gasteiger partial charge in [0.15, 0.2) is 0 Å². The second-order valence-corrected chi connectivity index (χ2v) is 4.72. The Bertz CT molecular complexity index is 385. The molecular formula is C15H25N3O. The molecule has 0 aliphatic rings. The molecule has 0 saturated carbocycles. The van der Waals surface area contributed by atoms with Crippen molar-refractivity contribution in [3.8, 4) is 0 Å². The number of hydrogen-bond acceptors (Lipinski definition) is 3. The first-order valence-electron chi connectivity index (χ1n) is 7.09. The van der Waals surface area contributed by atoms with Gasteiger partial charge in [0.05, 0.1) is 0 Å². The SMILES string of the molecule is CC[C@@H](C)C(=O)NCc1ccc(N(CC)CC)nc1. The van der Waals surface area contributed by atoms with Gasteiger partial charge >= 0.3 is 0 Å². The highest BCUT2D eigenvalue weighted by atomic mass is 16.1. The highest BCUT2D eigenvalue weighted by molar-refractivity contribution is 5.78. The summed E-state index contributed by atoms with van der Waals surface area (Å²) in [6, 6.07) is 4.04. The summed E-state index contributed by atoms with van der Waals surface area (Å²) in [4.78, 5) is 18.3. The molecule has 0 bridgehead atoms. The Morgan fingerprint density at radius 1 is 1.32 bits per heavy atom. The Morgan fingerprint density at radius 2 is 2.00 bits per heavy atom. The first-order valence-corrected chi connectivity index (χ1v) is 7.09. The monoisotopic (exact) mass is 263 g/mol. The zero-order valence-electron chi connectivity index (χ0n) is 12.4. The number of rotatable bonds is 7. The van der Waals surface area contributed by atoms with Gasteiger partial charge in [0.1, 0.15) is 5.82 Å². The molecule has 4 heteroatoms. The molecular weight excluding hydrogens is 238 g/mol. The average molecular weight is 263 g/mol. The standard InChI is InChI=1S/C15H25N3O/c1-5-12(4)15(19)17-11-13-8-9-14(16-10-13)18(6-2)7-3/h8-10,12H,5-7,11H2,1-4H3,(H,17,19)/t12-/m1/s1. The molecule has 0 aromatic carbocycles. The normalized spacial score (nSPS) is 12.0. The molecule has 1 aromatic heterocycles. The average Bonchev–Trinajstić information content (AvgIpc) is 2.46. The van der Waals surface area contributed by atoms with E-state index in [-0.39, 0.29) is 11.8 Å². The first kappa shape index (κ1) is 15.5. The molecule has 0 unspecified atom stereocenters. The summed E-state index contributed by atoms with van der Waals surface area (Å²) in [5.41, 5.74) is 1.03. The van der Waals surface area contributed by atoms with Crippen LogP contribution in [0.4, 0.5) is 5.82 Å². The van der Waals surface area contributed by atoms with E-state index in [1.165, 1.54) is 0 Å². The molecule has 0 spiro atoms. The third kappa shape index (κ3) is 4.54. The third-order valence-electron chi connectivity index (χ3n) is 3.42. The molecule has 19 heavy (non-hydrogen) atoms. The molecule has 1 amide bonds. The molecule has 0 radical (unpaired) electrons. The third-order valence-corrected chi connectivity index (χ3v) is 3.42. The maximum absolute atomic E-state index is 11.7. The molecule has 1 aromatic rings. The van der Waals surface area contributed by atoms with Gasteiger partial charge in [-0.25, -0.2) is 4.98 Å². The van der Waals surface area contributed by atoms with Crippen molar-refractivity contribution in [3.63, 3.8) is 0 Å². The minimum absolute atomic E-state index is 0.0721. The fraction of sp³-hybridized carbons (Fsp3) is 0.600. The van der Waals surface area contributed by atoms with Crippen molar-refractivity contribution in [2.75, 3.05) is 18.0 Å². The Kier molecular flexibility index (Phi) is 6.33. The zero-order chi connectivity index (χ0) is 14.3. The topological polar surface area (TPSA) is 45.2 Å². The fourth-order valence-corrected chi connectivity index (χ4v) is 1.80. The highest BCUT2D eigenvalue weighted by Gasteiger charge is 2.09. The number of carbonyl (C=O) groups excluding carboxylic acids is 1. The summed E-state index contributed by atoms with van der Waals surface area (Å²) in [5, 5.41) is 2.93. The van der Waals surface area contributed by atoms with Crippen molar-refractivity contribution in [2.45, 2.75) is 40.7 Å². The smallest absolute Gasteiger partial charge is 0.223 e. The number of hydrogen-bond donors (Lipinski definition) is 1. The zero-order valence-corrected chi connectivity index (χ0v) is 12.4. The van der Waals surface area contributed by atoms with Crippen LogP contribution in [0.5, 0.6) is 0 Å². The Hall–Kier alpha value is -1.58. The number of nitrogens with zero attached hydrogens (tertiary/aromatic N) is 2. The predicted molar refractivity (Wildman–Crippen MR) is 79.1 cm³/mol. The van der Waals surface area contributed by atoms with Crippen molar-refractivity contribution in [3.05, 3.63) is 23.9 Å². The van der Waals surface area contributed by atoms with E-state index in [0.717, 1.165) is 30.9 Å². The van der Waals surface area contributed by atoms with Gasteiger partial charge in [0.25, 0.3) is 0 Å². The lowest BCUT2D eigenvalue weighted by Crippen LogP contribution is -2.28. The molecule has 4 nitrogen and oxygen atoms in total. The van der Waals surface area contributed by atoms with Gasteiger partial charge in [0.2, 0.25) is 5.91 Å². The van der Waals surface area contributed by atoms with Crippen LogP contribution in [0.1, 0.15) is 39.7 Å². The number of carbonyl (C=O) groups is 1. The van der Waals surface area contributed by atoms with Crippen LogP contribution in [0.3, 0.4) is 0 Å². The van der Waals surface area contributed by atoms with Crippen molar-refractivity contribution in [1.29, 1.82) is 0 Å². The Labute approximate surface area is 116 Å². The van der Waals surface area contributed by atoms with E-state index < -0.39 is 0 Å². The summed E-state index contributed by atoms with van der Waals surface area (Å²) in [6.45, 7) is 10.6. The van der Waals surface area contributed by atoms with Crippen LogP contribution in [0.25, 0.3) is 0 Å². The van der Waals surface area contributed by atoms with Gasteiger partial charge in [-0.1, -0.05) is 19.9 Å². The first-order chi connectivity index (χ1) is 9.12. The van der Waals surface area contributed by atoms with Crippen LogP contribution >= 0.6 is 0 Å². The molecule has 106 valence electrons. The minimum Gasteiger partial charge on any atom is -0.357 e. The van der Waals surface area contributed by atoms with E-state index in [9.17, 15) is 4.79 Å². The maximum atomic E-state index is 11.7. The summed E-state index contributed by atoms with van der Waals surface area (Å²) in [6.07, 6.45) is 2.70. The molecule has 1 N–H and O–H groups in total. The molecule has 1 rings (SSSR count). The van der Waals surface area contributed by atoms with Gasteiger partial charge in [-0.15, -0.1) is 0 Å². The number of aromatic nitrogens is 1. The molecule has 1 heterocycles. The van der Waals surface area contributed by atoms with E-state index >= 15 is 0 Å². The van der Waals surface area contributed by atoms with Gasteiger partial charge in [-0.3, -0.25) is 4.79 Å². The van der Waals surface area contributed by atoms with Crippen molar-refractivity contribution in [1.82, 2.24) is 10.3 Å². The summed E-state index contributed by atoms with van der Waals surface area (Å²) in [7, 11) is 0. The summed E-state index contributed by atoms with van der Waals surface area (Å²) < 4.78 is 0. The van der Waals surface area contributed by atoms with Crippen LogP contribution in [0.2, 0.25) is 0 Å². The van der Waals surface area contributed by atoms with Crippen LogP contribution < -0.4 is 10.2 Å². The van der Waals surface area contributed by atoms with Crippen molar-refractivity contribution < 1.29 is 4.79 Å². The number of amides is 1. The molecule has 1 atom stereocenters. The lowest BCUT2D eigenvalue weighted by Gasteiger charge is -2.19. The second-order valence-electron chi connectivity index (χ2n) is 4.72. The summed E-state index contributed by atoms with van der Waals surface area (Å²) in [5.74, 6) is 1.17. The van der Waals surface area contributed by atoms with Gasteiger partial charge in [0, 0.05) is 31.7 Å². The van der Waals surface area contributed by atoms with E-state index in [1.54, 1.807) is 0 Å². The molecule has 0 saturated heterocycles. The van der Waals surface area contributed by atoms with E-state index in [2.05, 4.69) is 29.0 Å². The van der Waals surface area contributed by atoms with Crippen LogP contribution in [-0.4, -0.2) is 24.0 Å². The molecule has 0 aliphatic heterocycles. The lowest BCUT2D eigenvalue weighted by molar-refractivity contribution is -0.124. The summed E-state index contributed by atoms with van der Waals surface area (Å²) >= 11 is 0. The minimum atomic E-state index is 0.0721. The van der Waals surface area contributed by atoms with E-state index in [0.29, 0.717) is 6.54 Å². The van der Waals surface area contributed by atoms with Crippen LogP contribution in [-0.2, 0) is 11.3 Å². The second kappa shape index (κ2) is 7.77. The fourth-order valence-electron chi connectivity index (χ4n) is 1.80. The van der Waals surface area contributed by atoms with Gasteiger partial charge in [-0.2, -0.15) is 0 Å². The van der Waals surface area contributed by atoms with Crippen LogP contribution in [0.15, 0.2) is 18.3 Å². The molecule has 0 aliphatic carbocycles. The van der Waals surface area contributed by atoms with Crippen molar-refractivity contribution in [2.24, 2.45) is 5.92 Å². The van der Waals surface area contributed by atoms with E-state index in [4.69, 9.17) is 0 Å². The van der Waals surface area contributed by atoms with Gasteiger partial charge in [-0.05, 0) is 31.9 Å². The van der Waals surface area contributed by atoms with Gasteiger partial charge < -0.3 is 10.2 Å². The predicted octanol–water partition coefficient (Wildman–Crippen LogP) is 2.59. The van der Waals surface area contributed by atoms with Crippen LogP contribution in [0, 0.1) is 5.92 Å². The van der Waals surface area contributed by atoms with E-state index in [1.807, 2.05) is 32.2 Å². The maximum Gasteiger partial charge on any atom is 0.223 e. The largest absolute Gasteiger partial charge is 0.357 e. The Balaban J connectivity index is 2.55. The number of anilines is 1. The van der Waals surface area contributed by atoms with Crippen molar-refractivity contribution >= 4 is 11.7 Å². The highest BCUT2D eigenvalue weighted by Crippen LogP contribution is 2.11. The number of nitrogens with one attached hydrogen (secondary N) is 1. The number of pyridine rings is 1. The quantitative estimate of drug-likeness (QED) is 0.822. The molecule has 0 fully saturated rings. The lowest BCUT2D eigenvalue weighted by atomic mass is 10.1. The Morgan fingerprint density at radius 3 is 2.47 bits per heavy atom.